The number of hydrogen-bond acceptors (Lipinski definition) is 5. The third-order valence-electron chi connectivity index (χ3n) is 3.61. The number of aryl methyl sites for hydroxylation is 1. The molecule has 2 heterocycles. The average molecular weight is 370 g/mol. The maximum atomic E-state index is 11.8. The number of furan rings is 1. The minimum absolute atomic E-state index is 0.300. The highest BCUT2D eigenvalue weighted by molar-refractivity contribution is 6.31. The smallest absolute Gasteiger partial charge is 0.285 e. The van der Waals surface area contributed by atoms with Crippen molar-refractivity contribution in [1.82, 2.24) is 10.4 Å². The van der Waals surface area contributed by atoms with Crippen molar-refractivity contribution in [2.24, 2.45) is 5.10 Å². The number of nitrogens with one attached hydrogen (secondary N) is 1. The average Bonchev–Trinajstić information content (AvgIpc) is 3.10. The molecule has 3 rings (SSSR count). The molecule has 26 heavy (non-hydrogen) atoms. The van der Waals surface area contributed by atoms with Crippen LogP contribution in [0.15, 0.2) is 64.4 Å². The summed E-state index contributed by atoms with van der Waals surface area (Å²) in [7, 11) is 0. The number of nitrogens with zero attached hydrogens (tertiary/aromatic N) is 2. The van der Waals surface area contributed by atoms with Crippen molar-refractivity contribution in [3.05, 3.63) is 82.3 Å². The van der Waals surface area contributed by atoms with E-state index < -0.39 is 0 Å². The normalized spacial score (nSPS) is 10.8. The summed E-state index contributed by atoms with van der Waals surface area (Å²) in [5, 5.41) is 4.51. The molecule has 1 aromatic carbocycles. The summed E-state index contributed by atoms with van der Waals surface area (Å²) in [5.74, 6) is 0.456. The Labute approximate surface area is 155 Å². The fraction of sp³-hybridized carbons (Fsp3) is 0.105. The summed E-state index contributed by atoms with van der Waals surface area (Å²) in [5.41, 5.74) is 4.84. The van der Waals surface area contributed by atoms with Gasteiger partial charge in [0.2, 0.25) is 0 Å². The third-order valence-corrected chi connectivity index (χ3v) is 3.97. The van der Waals surface area contributed by atoms with Gasteiger partial charge in [0.25, 0.3) is 11.9 Å². The van der Waals surface area contributed by atoms with Crippen molar-refractivity contribution in [1.29, 1.82) is 0 Å². The predicted molar refractivity (Wildman–Crippen MR) is 98.5 cm³/mol. The zero-order valence-corrected chi connectivity index (χ0v) is 14.7. The van der Waals surface area contributed by atoms with Crippen LogP contribution >= 0.6 is 11.6 Å². The Morgan fingerprint density at radius 3 is 2.85 bits per heavy atom. The van der Waals surface area contributed by atoms with Gasteiger partial charge in [-0.2, -0.15) is 5.10 Å². The van der Waals surface area contributed by atoms with Crippen LogP contribution in [0.4, 0.5) is 0 Å². The molecule has 0 radical (unpaired) electrons. The van der Waals surface area contributed by atoms with Crippen molar-refractivity contribution in [2.75, 3.05) is 0 Å². The van der Waals surface area contributed by atoms with Crippen LogP contribution in [0.5, 0.6) is 5.95 Å². The summed E-state index contributed by atoms with van der Waals surface area (Å²) < 4.78 is 11.1. The molecule has 0 aliphatic heterocycles. The van der Waals surface area contributed by atoms with Crippen LogP contribution in [-0.4, -0.2) is 17.1 Å². The number of rotatable bonds is 6. The van der Waals surface area contributed by atoms with Gasteiger partial charge in [0.1, 0.15) is 6.61 Å². The first-order valence-corrected chi connectivity index (χ1v) is 8.21. The van der Waals surface area contributed by atoms with Gasteiger partial charge in [-0.25, -0.2) is 5.43 Å². The number of halogens is 1. The zero-order valence-electron chi connectivity index (χ0n) is 14.0. The molecule has 2 aromatic heterocycles. The van der Waals surface area contributed by atoms with Crippen LogP contribution in [-0.2, 0) is 6.61 Å². The van der Waals surface area contributed by atoms with E-state index in [0.29, 0.717) is 28.9 Å². The minimum Gasteiger partial charge on any atom is -0.460 e. The van der Waals surface area contributed by atoms with Gasteiger partial charge in [0, 0.05) is 34.6 Å². The summed E-state index contributed by atoms with van der Waals surface area (Å²) in [6, 6.07) is 12.2. The fourth-order valence-electron chi connectivity index (χ4n) is 2.20. The Kier molecular flexibility index (Phi) is 5.66. The van der Waals surface area contributed by atoms with Gasteiger partial charge in [-0.05, 0) is 36.8 Å². The van der Waals surface area contributed by atoms with Crippen LogP contribution in [0.3, 0.4) is 0 Å². The van der Waals surface area contributed by atoms with Crippen molar-refractivity contribution in [3.8, 4) is 5.95 Å². The minimum atomic E-state index is -0.333. The van der Waals surface area contributed by atoms with Crippen LogP contribution in [0, 0.1) is 6.92 Å². The van der Waals surface area contributed by atoms with E-state index in [2.05, 4.69) is 15.5 Å². The highest BCUT2D eigenvalue weighted by Crippen LogP contribution is 2.22. The van der Waals surface area contributed by atoms with Gasteiger partial charge in [-0.15, -0.1) is 0 Å². The lowest BCUT2D eigenvalue weighted by Gasteiger charge is -2.08. The maximum absolute atomic E-state index is 11.8. The van der Waals surface area contributed by atoms with Gasteiger partial charge in [-0.3, -0.25) is 9.78 Å². The van der Waals surface area contributed by atoms with E-state index in [1.165, 1.54) is 18.6 Å². The highest BCUT2D eigenvalue weighted by Gasteiger charge is 2.07. The van der Waals surface area contributed by atoms with Crippen molar-refractivity contribution >= 4 is 23.7 Å². The molecule has 0 bridgehead atoms. The lowest BCUT2D eigenvalue weighted by Crippen LogP contribution is -2.17. The van der Waals surface area contributed by atoms with Crippen molar-refractivity contribution < 1.29 is 13.9 Å². The zero-order chi connectivity index (χ0) is 18.4. The van der Waals surface area contributed by atoms with Gasteiger partial charge in [0.15, 0.2) is 5.76 Å². The highest BCUT2D eigenvalue weighted by atomic mass is 35.5. The summed E-state index contributed by atoms with van der Waals surface area (Å²) in [4.78, 5) is 15.7. The van der Waals surface area contributed by atoms with Crippen molar-refractivity contribution in [2.45, 2.75) is 13.5 Å². The Hall–Kier alpha value is -3.12. The Morgan fingerprint density at radius 2 is 2.08 bits per heavy atom. The molecule has 132 valence electrons. The van der Waals surface area contributed by atoms with Crippen LogP contribution in [0.1, 0.15) is 27.2 Å². The number of pyridine rings is 1. The maximum Gasteiger partial charge on any atom is 0.285 e. The molecule has 0 fully saturated rings. The number of carbonyl (C=O) groups excluding carboxylic acids is 1. The number of amides is 1. The fourth-order valence-corrected chi connectivity index (χ4v) is 2.47. The number of hydrogen-bond donors (Lipinski definition) is 1. The molecule has 3 aromatic rings. The molecule has 0 unspecified atom stereocenters. The first kappa shape index (κ1) is 17.7. The number of hydrazone groups is 1. The molecule has 0 saturated carbocycles. The second kappa shape index (κ2) is 8.31. The summed E-state index contributed by atoms with van der Waals surface area (Å²) in [6.45, 7) is 2.27. The number of carbonyl (C=O) groups is 1. The molecule has 0 aliphatic carbocycles. The second-order valence-corrected chi connectivity index (χ2v) is 5.82. The lowest BCUT2D eigenvalue weighted by molar-refractivity contribution is 0.0955. The monoisotopic (exact) mass is 369 g/mol. The number of benzene rings is 1. The van der Waals surface area contributed by atoms with Crippen LogP contribution in [0.25, 0.3) is 0 Å². The van der Waals surface area contributed by atoms with Gasteiger partial charge >= 0.3 is 0 Å². The topological polar surface area (TPSA) is 76.7 Å². The third kappa shape index (κ3) is 4.49. The largest absolute Gasteiger partial charge is 0.460 e. The molecule has 0 spiro atoms. The second-order valence-electron chi connectivity index (χ2n) is 5.42. The first-order valence-electron chi connectivity index (χ1n) is 7.83. The molecule has 6 nitrogen and oxygen atoms in total. The molecule has 0 saturated heterocycles. The Bertz CT molecular complexity index is 903. The Morgan fingerprint density at radius 1 is 1.27 bits per heavy atom. The van der Waals surface area contributed by atoms with Crippen molar-refractivity contribution in [3.63, 3.8) is 0 Å². The van der Waals surface area contributed by atoms with E-state index in [-0.39, 0.29) is 5.91 Å². The standard InChI is InChI=1S/C19H16ClN3O3/c1-13-3-2-4-17(20)16(13)12-25-18-6-5-15(26-18)11-22-23-19(24)14-7-9-21-10-8-14/h2-11H,12H2,1H3,(H,23,24)/b22-11+. The number of ether oxygens (including phenoxy) is 1. The molecule has 1 N–H and O–H groups in total. The van der Waals surface area contributed by atoms with Crippen LogP contribution in [0.2, 0.25) is 5.02 Å². The molecule has 7 heteroatoms. The summed E-state index contributed by atoms with van der Waals surface area (Å²) >= 11 is 6.17. The summed E-state index contributed by atoms with van der Waals surface area (Å²) in [6.07, 6.45) is 4.47. The van der Waals surface area contributed by atoms with Crippen LogP contribution < -0.4 is 10.2 Å². The van der Waals surface area contributed by atoms with E-state index in [0.717, 1.165) is 11.1 Å². The Balaban J connectivity index is 1.55. The van der Waals surface area contributed by atoms with E-state index in [1.54, 1.807) is 24.3 Å². The molecular weight excluding hydrogens is 354 g/mol. The quantitative estimate of drug-likeness (QED) is 0.526. The first-order chi connectivity index (χ1) is 12.6. The van der Waals surface area contributed by atoms with Gasteiger partial charge < -0.3 is 9.15 Å². The number of aromatic nitrogens is 1. The molecule has 0 aliphatic rings. The van der Waals surface area contributed by atoms with E-state index in [1.807, 2.05) is 25.1 Å². The van der Waals surface area contributed by atoms with E-state index in [4.69, 9.17) is 20.8 Å². The lowest BCUT2D eigenvalue weighted by atomic mass is 10.1. The van der Waals surface area contributed by atoms with Gasteiger partial charge in [0.05, 0.1) is 6.21 Å². The molecular formula is C19H16ClN3O3. The SMILES string of the molecule is Cc1cccc(Cl)c1COc1ccc(/C=N/NC(=O)c2ccncc2)o1. The van der Waals surface area contributed by atoms with E-state index >= 15 is 0 Å². The molecule has 0 atom stereocenters. The van der Waals surface area contributed by atoms with E-state index in [9.17, 15) is 4.79 Å². The predicted octanol–water partition coefficient (Wildman–Crippen LogP) is 3.98. The van der Waals surface area contributed by atoms with Gasteiger partial charge in [-0.1, -0.05) is 23.7 Å². The molecule has 1 amide bonds.